The van der Waals surface area contributed by atoms with E-state index in [1.54, 1.807) is 12.1 Å². The van der Waals surface area contributed by atoms with Crippen molar-refractivity contribution in [3.8, 4) is 0 Å². The Morgan fingerprint density at radius 3 is 2.39 bits per heavy atom. The highest BCUT2D eigenvalue weighted by Crippen LogP contribution is 2.25. The molecule has 0 aliphatic carbocycles. The predicted molar refractivity (Wildman–Crippen MR) is 103 cm³/mol. The van der Waals surface area contributed by atoms with Crippen molar-refractivity contribution in [3.05, 3.63) is 64.1 Å². The standard InChI is InChI=1S/C17H19Cl2N3.ClH/c1-22(2)11-10-16(13-6-4-3-5-7-13)20-21-17-9-8-14(18)12-15(17)19;/h3-9,12,21H,10-11H2,1-2H3;1H/b20-16+;. The van der Waals surface area contributed by atoms with Crippen LogP contribution in [-0.4, -0.2) is 31.3 Å². The summed E-state index contributed by atoms with van der Waals surface area (Å²) in [5.74, 6) is 0. The summed E-state index contributed by atoms with van der Waals surface area (Å²) in [6, 6.07) is 15.4. The average Bonchev–Trinajstić information content (AvgIpc) is 2.49. The summed E-state index contributed by atoms with van der Waals surface area (Å²) in [5.41, 5.74) is 5.87. The minimum absolute atomic E-state index is 0. The van der Waals surface area contributed by atoms with E-state index in [2.05, 4.69) is 27.6 Å². The number of benzene rings is 2. The normalized spacial score (nSPS) is 11.3. The molecule has 0 spiro atoms. The van der Waals surface area contributed by atoms with E-state index >= 15 is 0 Å². The fourth-order valence-corrected chi connectivity index (χ4v) is 2.38. The first-order valence-corrected chi connectivity index (χ1v) is 7.79. The van der Waals surface area contributed by atoms with Crippen molar-refractivity contribution in [1.82, 2.24) is 4.90 Å². The van der Waals surface area contributed by atoms with E-state index < -0.39 is 0 Å². The molecule has 2 aromatic rings. The Morgan fingerprint density at radius 2 is 1.78 bits per heavy atom. The topological polar surface area (TPSA) is 27.6 Å². The van der Waals surface area contributed by atoms with Crippen LogP contribution in [-0.2, 0) is 0 Å². The van der Waals surface area contributed by atoms with Crippen LogP contribution in [0.3, 0.4) is 0 Å². The lowest BCUT2D eigenvalue weighted by molar-refractivity contribution is 0.422. The number of nitrogens with zero attached hydrogens (tertiary/aromatic N) is 2. The van der Waals surface area contributed by atoms with Crippen molar-refractivity contribution in [2.75, 3.05) is 26.1 Å². The van der Waals surface area contributed by atoms with Gasteiger partial charge in [-0.3, -0.25) is 5.43 Å². The molecule has 124 valence electrons. The Labute approximate surface area is 153 Å². The second-order valence-corrected chi connectivity index (χ2v) is 6.06. The van der Waals surface area contributed by atoms with Crippen LogP contribution in [0.15, 0.2) is 53.6 Å². The summed E-state index contributed by atoms with van der Waals surface area (Å²) < 4.78 is 0. The van der Waals surface area contributed by atoms with Gasteiger partial charge in [0.15, 0.2) is 0 Å². The maximum absolute atomic E-state index is 6.16. The lowest BCUT2D eigenvalue weighted by atomic mass is 10.1. The SMILES string of the molecule is CN(C)CC/C(=N\Nc1ccc(Cl)cc1Cl)c1ccccc1.Cl. The highest BCUT2D eigenvalue weighted by molar-refractivity contribution is 6.36. The zero-order chi connectivity index (χ0) is 15.9. The zero-order valence-corrected chi connectivity index (χ0v) is 15.4. The molecule has 0 atom stereocenters. The molecule has 3 nitrogen and oxygen atoms in total. The zero-order valence-electron chi connectivity index (χ0n) is 13.1. The second-order valence-electron chi connectivity index (χ2n) is 5.21. The molecule has 0 heterocycles. The van der Waals surface area contributed by atoms with Gasteiger partial charge in [0.25, 0.3) is 0 Å². The molecule has 2 rings (SSSR count). The number of hydrazone groups is 1. The van der Waals surface area contributed by atoms with E-state index in [-0.39, 0.29) is 12.4 Å². The lowest BCUT2D eigenvalue weighted by Gasteiger charge is -2.12. The highest BCUT2D eigenvalue weighted by Gasteiger charge is 2.06. The highest BCUT2D eigenvalue weighted by atomic mass is 35.5. The first kappa shape index (κ1) is 19.8. The van der Waals surface area contributed by atoms with Crippen molar-refractivity contribution >= 4 is 47.0 Å². The van der Waals surface area contributed by atoms with Crippen LogP contribution in [0.1, 0.15) is 12.0 Å². The Balaban J connectivity index is 0.00000264. The maximum atomic E-state index is 6.16. The van der Waals surface area contributed by atoms with Gasteiger partial charge in [-0.1, -0.05) is 53.5 Å². The largest absolute Gasteiger partial charge is 0.309 e. The molecule has 0 aliphatic rings. The molecule has 0 aromatic heterocycles. The van der Waals surface area contributed by atoms with Crippen molar-refractivity contribution < 1.29 is 0 Å². The van der Waals surface area contributed by atoms with E-state index in [4.69, 9.17) is 23.2 Å². The molecule has 2 aromatic carbocycles. The minimum atomic E-state index is 0. The summed E-state index contributed by atoms with van der Waals surface area (Å²) in [4.78, 5) is 2.13. The van der Waals surface area contributed by atoms with Gasteiger partial charge in [-0.25, -0.2) is 0 Å². The molecule has 0 amide bonds. The van der Waals surface area contributed by atoms with Crippen LogP contribution in [0, 0.1) is 0 Å². The third-order valence-electron chi connectivity index (χ3n) is 3.15. The second kappa shape index (κ2) is 9.78. The summed E-state index contributed by atoms with van der Waals surface area (Å²) in [6.45, 7) is 0.920. The Morgan fingerprint density at radius 1 is 1.09 bits per heavy atom. The van der Waals surface area contributed by atoms with Crippen molar-refractivity contribution in [2.45, 2.75) is 6.42 Å². The number of anilines is 1. The molecule has 23 heavy (non-hydrogen) atoms. The summed E-state index contributed by atoms with van der Waals surface area (Å²) >= 11 is 12.1. The van der Waals surface area contributed by atoms with Crippen molar-refractivity contribution in [3.63, 3.8) is 0 Å². The molecule has 0 aliphatic heterocycles. The monoisotopic (exact) mass is 371 g/mol. The number of rotatable bonds is 6. The molecule has 0 unspecified atom stereocenters. The van der Waals surface area contributed by atoms with Crippen LogP contribution in [0.2, 0.25) is 10.0 Å². The van der Waals surface area contributed by atoms with E-state index in [1.165, 1.54) is 0 Å². The third-order valence-corrected chi connectivity index (χ3v) is 3.69. The number of hydrogen-bond acceptors (Lipinski definition) is 3. The summed E-state index contributed by atoms with van der Waals surface area (Å²) in [6.07, 6.45) is 0.842. The molecule has 0 bridgehead atoms. The predicted octanol–water partition coefficient (Wildman–Crippen LogP) is 5.18. The number of halogens is 3. The Hall–Kier alpha value is -1.26. The third kappa shape index (κ3) is 6.40. The molecule has 1 N–H and O–H groups in total. The van der Waals surface area contributed by atoms with Crippen LogP contribution in [0.25, 0.3) is 0 Å². The van der Waals surface area contributed by atoms with Gasteiger partial charge in [0.2, 0.25) is 0 Å². The molecule has 0 fully saturated rings. The van der Waals surface area contributed by atoms with Crippen LogP contribution < -0.4 is 5.43 Å². The fraction of sp³-hybridized carbons (Fsp3) is 0.235. The van der Waals surface area contributed by atoms with Gasteiger partial charge in [0, 0.05) is 18.0 Å². The van der Waals surface area contributed by atoms with E-state index in [9.17, 15) is 0 Å². The summed E-state index contributed by atoms with van der Waals surface area (Å²) in [7, 11) is 4.10. The Kier molecular flexibility index (Phi) is 8.42. The first-order valence-electron chi connectivity index (χ1n) is 7.04. The van der Waals surface area contributed by atoms with E-state index in [1.807, 2.05) is 38.4 Å². The van der Waals surface area contributed by atoms with Gasteiger partial charge < -0.3 is 4.90 Å². The first-order chi connectivity index (χ1) is 10.6. The van der Waals surface area contributed by atoms with Gasteiger partial charge in [-0.15, -0.1) is 12.4 Å². The molecule has 0 radical (unpaired) electrons. The van der Waals surface area contributed by atoms with Gasteiger partial charge in [0.1, 0.15) is 0 Å². The number of nitrogens with one attached hydrogen (secondary N) is 1. The van der Waals surface area contributed by atoms with Gasteiger partial charge in [-0.05, 0) is 37.9 Å². The van der Waals surface area contributed by atoms with Crippen LogP contribution in [0.4, 0.5) is 5.69 Å². The van der Waals surface area contributed by atoms with Gasteiger partial charge >= 0.3 is 0 Å². The van der Waals surface area contributed by atoms with Crippen molar-refractivity contribution in [1.29, 1.82) is 0 Å². The molecule has 0 saturated carbocycles. The molecule has 6 heteroatoms. The maximum Gasteiger partial charge on any atom is 0.0749 e. The average molecular weight is 373 g/mol. The minimum Gasteiger partial charge on any atom is -0.309 e. The van der Waals surface area contributed by atoms with Crippen LogP contribution >= 0.6 is 35.6 Å². The van der Waals surface area contributed by atoms with E-state index in [0.29, 0.717) is 10.0 Å². The fourth-order valence-electron chi connectivity index (χ4n) is 1.93. The van der Waals surface area contributed by atoms with E-state index in [0.717, 1.165) is 29.9 Å². The smallest absolute Gasteiger partial charge is 0.0749 e. The quantitative estimate of drug-likeness (QED) is 0.558. The molecular formula is C17H20Cl3N3. The van der Waals surface area contributed by atoms with Crippen LogP contribution in [0.5, 0.6) is 0 Å². The molecule has 0 saturated heterocycles. The number of hydrogen-bond donors (Lipinski definition) is 1. The molecular weight excluding hydrogens is 353 g/mol. The lowest BCUT2D eigenvalue weighted by Crippen LogP contribution is -2.18. The summed E-state index contributed by atoms with van der Waals surface area (Å²) in [5, 5.41) is 5.70. The van der Waals surface area contributed by atoms with Crippen molar-refractivity contribution in [2.24, 2.45) is 5.10 Å². The van der Waals surface area contributed by atoms with Gasteiger partial charge in [-0.2, -0.15) is 5.10 Å². The van der Waals surface area contributed by atoms with Gasteiger partial charge in [0.05, 0.1) is 16.4 Å². The Bertz CT molecular complexity index is 643.